The Morgan fingerprint density at radius 1 is 1.44 bits per heavy atom. The van der Waals surface area contributed by atoms with Crippen LogP contribution in [0.4, 0.5) is 0 Å². The molecule has 18 heavy (non-hydrogen) atoms. The predicted octanol–water partition coefficient (Wildman–Crippen LogP) is 3.17. The van der Waals surface area contributed by atoms with Crippen LogP contribution in [-0.2, 0) is 6.54 Å². The van der Waals surface area contributed by atoms with Crippen molar-refractivity contribution in [1.82, 2.24) is 5.32 Å². The van der Waals surface area contributed by atoms with Crippen LogP contribution in [0, 0.1) is 0 Å². The highest BCUT2D eigenvalue weighted by atomic mass is 35.5. The van der Waals surface area contributed by atoms with Gasteiger partial charge in [0.05, 0.1) is 5.02 Å². The summed E-state index contributed by atoms with van der Waals surface area (Å²) >= 11 is 6.17. The molecule has 3 nitrogen and oxygen atoms in total. The van der Waals surface area contributed by atoms with Gasteiger partial charge < -0.3 is 14.8 Å². The second kappa shape index (κ2) is 6.12. The average molecular weight is 268 g/mol. The fourth-order valence-corrected chi connectivity index (χ4v) is 2.18. The van der Waals surface area contributed by atoms with Gasteiger partial charge >= 0.3 is 0 Å². The van der Waals surface area contributed by atoms with Gasteiger partial charge in [0, 0.05) is 12.6 Å². The highest BCUT2D eigenvalue weighted by molar-refractivity contribution is 6.32. The van der Waals surface area contributed by atoms with Crippen molar-refractivity contribution in [3.8, 4) is 11.5 Å². The van der Waals surface area contributed by atoms with Crippen LogP contribution in [0.15, 0.2) is 24.8 Å². The Morgan fingerprint density at radius 3 is 3.00 bits per heavy atom. The molecule has 0 aliphatic carbocycles. The summed E-state index contributed by atoms with van der Waals surface area (Å²) in [4.78, 5) is 0. The fraction of sp³-hybridized carbons (Fsp3) is 0.429. The lowest BCUT2D eigenvalue weighted by atomic mass is 10.1. The third kappa shape index (κ3) is 3.18. The lowest BCUT2D eigenvalue weighted by Gasteiger charge is -2.20. The number of nitrogens with one attached hydrogen (secondary N) is 1. The first kappa shape index (κ1) is 13.2. The summed E-state index contributed by atoms with van der Waals surface area (Å²) in [5.74, 6) is 1.40. The summed E-state index contributed by atoms with van der Waals surface area (Å²) in [5, 5.41) is 4.02. The molecule has 1 unspecified atom stereocenters. The van der Waals surface area contributed by atoms with E-state index in [1.54, 1.807) is 0 Å². The van der Waals surface area contributed by atoms with Crippen LogP contribution in [0.25, 0.3) is 0 Å². The molecular formula is C14H18ClNO2. The van der Waals surface area contributed by atoms with E-state index in [2.05, 4.69) is 18.8 Å². The van der Waals surface area contributed by atoms with E-state index >= 15 is 0 Å². The Hall–Kier alpha value is -1.19. The average Bonchev–Trinajstić information content (AvgIpc) is 2.37. The van der Waals surface area contributed by atoms with Crippen LogP contribution < -0.4 is 14.8 Å². The van der Waals surface area contributed by atoms with Crippen molar-refractivity contribution < 1.29 is 9.47 Å². The molecule has 0 fully saturated rings. The van der Waals surface area contributed by atoms with Gasteiger partial charge in [0.15, 0.2) is 11.5 Å². The molecule has 2 rings (SSSR count). The summed E-state index contributed by atoms with van der Waals surface area (Å²) in [6, 6.07) is 4.30. The molecule has 0 saturated heterocycles. The highest BCUT2D eigenvalue weighted by Crippen LogP contribution is 2.38. The van der Waals surface area contributed by atoms with Gasteiger partial charge in [-0.05, 0) is 31.0 Å². The Bertz CT molecular complexity index is 434. The standard InChI is InChI=1S/C14H18ClNO2/c1-3-4-10(2)16-9-11-7-12(15)14-13(8-11)17-5-6-18-14/h3,7-8,10,16H,1,4-6,9H2,2H3. The molecule has 1 atom stereocenters. The zero-order valence-corrected chi connectivity index (χ0v) is 11.3. The number of fused-ring (bicyclic) bond motifs is 1. The Balaban J connectivity index is 2.05. The first-order valence-electron chi connectivity index (χ1n) is 6.13. The van der Waals surface area contributed by atoms with Crippen molar-refractivity contribution in [3.05, 3.63) is 35.4 Å². The number of hydrogen-bond acceptors (Lipinski definition) is 3. The van der Waals surface area contributed by atoms with Crippen LogP contribution in [0.3, 0.4) is 0 Å². The predicted molar refractivity (Wildman–Crippen MR) is 73.6 cm³/mol. The summed E-state index contributed by atoms with van der Waals surface area (Å²) in [6.45, 7) is 7.74. The summed E-state index contributed by atoms with van der Waals surface area (Å²) in [5.41, 5.74) is 1.10. The van der Waals surface area contributed by atoms with Gasteiger partial charge in [-0.3, -0.25) is 0 Å². The van der Waals surface area contributed by atoms with E-state index in [1.807, 2.05) is 18.2 Å². The van der Waals surface area contributed by atoms with Crippen LogP contribution in [0.1, 0.15) is 18.9 Å². The second-order valence-corrected chi connectivity index (χ2v) is 4.82. The lowest BCUT2D eigenvalue weighted by Crippen LogP contribution is -2.25. The Morgan fingerprint density at radius 2 is 2.22 bits per heavy atom. The maximum atomic E-state index is 6.17. The van der Waals surface area contributed by atoms with E-state index in [-0.39, 0.29) is 0 Å². The van der Waals surface area contributed by atoms with Crippen LogP contribution in [0.5, 0.6) is 11.5 Å². The molecule has 0 bridgehead atoms. The summed E-state index contributed by atoms with van der Waals surface area (Å²) in [6.07, 6.45) is 2.85. The molecule has 0 spiro atoms. The Kier molecular flexibility index (Phi) is 4.50. The minimum atomic E-state index is 0.398. The van der Waals surface area contributed by atoms with Gasteiger partial charge in [-0.2, -0.15) is 0 Å². The molecule has 1 aliphatic rings. The minimum absolute atomic E-state index is 0.398. The molecule has 0 saturated carbocycles. The van der Waals surface area contributed by atoms with Gasteiger partial charge in [-0.25, -0.2) is 0 Å². The number of ether oxygens (including phenoxy) is 2. The summed E-state index contributed by atoms with van der Waals surface area (Å²) < 4.78 is 11.0. The normalized spacial score (nSPS) is 15.2. The van der Waals surface area contributed by atoms with Gasteiger partial charge in [-0.15, -0.1) is 6.58 Å². The van der Waals surface area contributed by atoms with Crippen LogP contribution in [0.2, 0.25) is 5.02 Å². The van der Waals surface area contributed by atoms with E-state index < -0.39 is 0 Å². The maximum absolute atomic E-state index is 6.17. The van der Waals surface area contributed by atoms with E-state index in [0.29, 0.717) is 30.0 Å². The largest absolute Gasteiger partial charge is 0.486 e. The molecule has 1 N–H and O–H groups in total. The smallest absolute Gasteiger partial charge is 0.179 e. The van der Waals surface area contributed by atoms with E-state index in [0.717, 1.165) is 24.3 Å². The molecule has 0 aromatic heterocycles. The van der Waals surface area contributed by atoms with Crippen LogP contribution in [-0.4, -0.2) is 19.3 Å². The highest BCUT2D eigenvalue weighted by Gasteiger charge is 2.16. The number of rotatable bonds is 5. The van der Waals surface area contributed by atoms with E-state index in [1.165, 1.54) is 0 Å². The first-order chi connectivity index (χ1) is 8.70. The van der Waals surface area contributed by atoms with Gasteiger partial charge in [0.1, 0.15) is 13.2 Å². The number of hydrogen-bond donors (Lipinski definition) is 1. The zero-order chi connectivity index (χ0) is 13.0. The van der Waals surface area contributed by atoms with Gasteiger partial charge in [0.2, 0.25) is 0 Å². The molecule has 4 heteroatoms. The Labute approximate surface area is 113 Å². The maximum Gasteiger partial charge on any atom is 0.179 e. The molecular weight excluding hydrogens is 250 g/mol. The minimum Gasteiger partial charge on any atom is -0.486 e. The molecule has 1 aromatic rings. The third-order valence-corrected chi connectivity index (χ3v) is 3.11. The van der Waals surface area contributed by atoms with Gasteiger partial charge in [0.25, 0.3) is 0 Å². The van der Waals surface area contributed by atoms with Crippen molar-refractivity contribution in [1.29, 1.82) is 0 Å². The second-order valence-electron chi connectivity index (χ2n) is 4.41. The van der Waals surface area contributed by atoms with E-state index in [4.69, 9.17) is 21.1 Å². The summed E-state index contributed by atoms with van der Waals surface area (Å²) in [7, 11) is 0. The topological polar surface area (TPSA) is 30.5 Å². The van der Waals surface area contributed by atoms with Crippen molar-refractivity contribution in [2.75, 3.05) is 13.2 Å². The number of halogens is 1. The first-order valence-corrected chi connectivity index (χ1v) is 6.51. The SMILES string of the molecule is C=CCC(C)NCc1cc(Cl)c2c(c1)OCCO2. The van der Waals surface area contributed by atoms with Crippen molar-refractivity contribution in [2.45, 2.75) is 25.9 Å². The lowest BCUT2D eigenvalue weighted by molar-refractivity contribution is 0.171. The van der Waals surface area contributed by atoms with Crippen molar-refractivity contribution in [3.63, 3.8) is 0 Å². The zero-order valence-electron chi connectivity index (χ0n) is 10.5. The molecule has 1 heterocycles. The molecule has 98 valence electrons. The van der Waals surface area contributed by atoms with Gasteiger partial charge in [-0.1, -0.05) is 17.7 Å². The molecule has 0 radical (unpaired) electrons. The molecule has 1 aliphatic heterocycles. The monoisotopic (exact) mass is 267 g/mol. The van der Waals surface area contributed by atoms with Crippen molar-refractivity contribution in [2.24, 2.45) is 0 Å². The third-order valence-electron chi connectivity index (χ3n) is 2.83. The van der Waals surface area contributed by atoms with E-state index in [9.17, 15) is 0 Å². The fourth-order valence-electron chi connectivity index (χ4n) is 1.89. The van der Waals surface area contributed by atoms with Crippen molar-refractivity contribution >= 4 is 11.6 Å². The number of benzene rings is 1. The van der Waals surface area contributed by atoms with Crippen LogP contribution >= 0.6 is 11.6 Å². The molecule has 1 aromatic carbocycles. The quantitative estimate of drug-likeness (QED) is 0.832. The molecule has 0 amide bonds.